The van der Waals surface area contributed by atoms with Gasteiger partial charge in [-0.05, 0) is 24.2 Å². The summed E-state index contributed by atoms with van der Waals surface area (Å²) in [6, 6.07) is 0.988. The van der Waals surface area contributed by atoms with Crippen molar-refractivity contribution in [2.45, 2.75) is 45.7 Å². The van der Waals surface area contributed by atoms with Gasteiger partial charge < -0.3 is 5.32 Å². The summed E-state index contributed by atoms with van der Waals surface area (Å²) in [6.45, 7) is 9.38. The Morgan fingerprint density at radius 1 is 1.26 bits per heavy atom. The molecule has 1 N–H and O–H groups in total. The van der Waals surface area contributed by atoms with Gasteiger partial charge in [0.2, 0.25) is 0 Å². The van der Waals surface area contributed by atoms with E-state index in [1.807, 2.05) is 0 Å². The predicted octanol–water partition coefficient (Wildman–Crippen LogP) is 1.13. The fourth-order valence-electron chi connectivity index (χ4n) is 3.03. The summed E-state index contributed by atoms with van der Waals surface area (Å²) in [6.07, 6.45) is 4.00. The van der Waals surface area contributed by atoms with Gasteiger partial charge in [-0.2, -0.15) is 0 Å². The van der Waals surface area contributed by atoms with Gasteiger partial charge in [0.25, 0.3) is 0 Å². The molecule has 19 heavy (non-hydrogen) atoms. The van der Waals surface area contributed by atoms with Crippen LogP contribution in [-0.2, 0) is 9.84 Å². The first-order chi connectivity index (χ1) is 8.67. The number of hydrogen-bond donors (Lipinski definition) is 1. The van der Waals surface area contributed by atoms with Crippen LogP contribution in [0.2, 0.25) is 0 Å². The minimum Gasteiger partial charge on any atom is -0.311 e. The molecule has 2 rings (SSSR count). The molecule has 0 radical (unpaired) electrons. The van der Waals surface area contributed by atoms with Gasteiger partial charge >= 0.3 is 0 Å². The van der Waals surface area contributed by atoms with Crippen LogP contribution in [0.4, 0.5) is 0 Å². The number of piperazine rings is 1. The summed E-state index contributed by atoms with van der Waals surface area (Å²) in [4.78, 5) is 2.40. The number of rotatable bonds is 4. The van der Waals surface area contributed by atoms with Crippen molar-refractivity contribution in [1.82, 2.24) is 10.2 Å². The molecule has 1 saturated carbocycles. The molecule has 2 fully saturated rings. The fourth-order valence-corrected chi connectivity index (χ4v) is 3.60. The van der Waals surface area contributed by atoms with Crippen LogP contribution in [0.1, 0.15) is 33.6 Å². The van der Waals surface area contributed by atoms with E-state index in [4.69, 9.17) is 0 Å². The standard InChI is InChI=1S/C14H28N2O2S/c1-14(2,3)13-9-15-12(11-5-6-11)10-16(13)7-8-19(4,17)18/h11-13,15H,5-10H2,1-4H3. The van der Waals surface area contributed by atoms with Crippen molar-refractivity contribution in [3.63, 3.8) is 0 Å². The summed E-state index contributed by atoms with van der Waals surface area (Å²) in [5.41, 5.74) is 0.180. The molecule has 2 atom stereocenters. The van der Waals surface area contributed by atoms with E-state index in [-0.39, 0.29) is 11.2 Å². The normalized spacial score (nSPS) is 30.5. The number of nitrogens with zero attached hydrogens (tertiary/aromatic N) is 1. The largest absolute Gasteiger partial charge is 0.311 e. The topological polar surface area (TPSA) is 49.4 Å². The maximum Gasteiger partial charge on any atom is 0.148 e. The van der Waals surface area contributed by atoms with Crippen molar-refractivity contribution in [3.8, 4) is 0 Å². The van der Waals surface area contributed by atoms with E-state index in [1.165, 1.54) is 19.1 Å². The molecule has 1 saturated heterocycles. The molecule has 4 nitrogen and oxygen atoms in total. The van der Waals surface area contributed by atoms with Crippen molar-refractivity contribution in [3.05, 3.63) is 0 Å². The van der Waals surface area contributed by atoms with E-state index in [2.05, 4.69) is 31.0 Å². The third kappa shape index (κ3) is 4.43. The third-order valence-corrected chi connectivity index (χ3v) is 5.31. The van der Waals surface area contributed by atoms with E-state index in [1.54, 1.807) is 0 Å². The minimum atomic E-state index is -2.88. The summed E-state index contributed by atoms with van der Waals surface area (Å²) >= 11 is 0. The molecule has 2 aliphatic rings. The van der Waals surface area contributed by atoms with Gasteiger partial charge in [-0.3, -0.25) is 4.90 Å². The Hall–Kier alpha value is -0.130. The highest BCUT2D eigenvalue weighted by molar-refractivity contribution is 7.90. The smallest absolute Gasteiger partial charge is 0.148 e. The highest BCUT2D eigenvalue weighted by atomic mass is 32.2. The van der Waals surface area contributed by atoms with E-state index >= 15 is 0 Å². The zero-order chi connectivity index (χ0) is 14.3. The molecule has 1 aliphatic heterocycles. The van der Waals surface area contributed by atoms with Crippen molar-refractivity contribution in [2.75, 3.05) is 31.6 Å². The highest BCUT2D eigenvalue weighted by Gasteiger charge is 2.40. The number of nitrogens with one attached hydrogen (secondary N) is 1. The van der Waals surface area contributed by atoms with Gasteiger partial charge in [0.05, 0.1) is 5.75 Å². The summed E-state index contributed by atoms with van der Waals surface area (Å²) in [5.74, 6) is 1.10. The fraction of sp³-hybridized carbons (Fsp3) is 1.00. The second-order valence-corrected chi connectivity index (χ2v) is 9.62. The van der Waals surface area contributed by atoms with E-state index in [0.29, 0.717) is 18.6 Å². The molecule has 5 heteroatoms. The maximum atomic E-state index is 11.4. The van der Waals surface area contributed by atoms with Crippen LogP contribution in [0.5, 0.6) is 0 Å². The zero-order valence-corrected chi connectivity index (χ0v) is 13.5. The lowest BCUT2D eigenvalue weighted by Gasteiger charge is -2.46. The average Bonchev–Trinajstić information content (AvgIpc) is 3.07. The lowest BCUT2D eigenvalue weighted by molar-refractivity contribution is 0.0565. The summed E-state index contributed by atoms with van der Waals surface area (Å²) in [5, 5.41) is 3.67. The Bertz CT molecular complexity index is 410. The second kappa shape index (κ2) is 5.34. The van der Waals surface area contributed by atoms with Gasteiger partial charge in [-0.25, -0.2) is 8.42 Å². The molecule has 0 amide bonds. The molecule has 0 aromatic rings. The molecule has 0 bridgehead atoms. The lowest BCUT2D eigenvalue weighted by Crippen LogP contribution is -2.61. The van der Waals surface area contributed by atoms with E-state index in [0.717, 1.165) is 19.0 Å². The van der Waals surface area contributed by atoms with Gasteiger partial charge in [0.1, 0.15) is 9.84 Å². The molecule has 2 unspecified atom stereocenters. The van der Waals surface area contributed by atoms with Crippen LogP contribution in [0.3, 0.4) is 0 Å². The van der Waals surface area contributed by atoms with E-state index < -0.39 is 9.84 Å². The first-order valence-electron chi connectivity index (χ1n) is 7.32. The molecule has 1 heterocycles. The second-order valence-electron chi connectivity index (χ2n) is 7.36. The van der Waals surface area contributed by atoms with Gasteiger partial charge in [-0.1, -0.05) is 20.8 Å². The Balaban J connectivity index is 2.01. The first kappa shape index (κ1) is 15.3. The van der Waals surface area contributed by atoms with Crippen molar-refractivity contribution in [1.29, 1.82) is 0 Å². The molecular weight excluding hydrogens is 260 g/mol. The lowest BCUT2D eigenvalue weighted by atomic mass is 9.83. The van der Waals surface area contributed by atoms with Crippen LogP contribution in [0.25, 0.3) is 0 Å². The molecule has 1 aliphatic carbocycles. The molecular formula is C14H28N2O2S. The van der Waals surface area contributed by atoms with Gasteiger partial charge in [-0.15, -0.1) is 0 Å². The van der Waals surface area contributed by atoms with Crippen LogP contribution in [0, 0.1) is 11.3 Å². The van der Waals surface area contributed by atoms with Gasteiger partial charge in [0, 0.05) is 38.0 Å². The van der Waals surface area contributed by atoms with Crippen LogP contribution >= 0.6 is 0 Å². The quantitative estimate of drug-likeness (QED) is 0.842. The van der Waals surface area contributed by atoms with Crippen LogP contribution in [0.15, 0.2) is 0 Å². The Morgan fingerprint density at radius 3 is 2.37 bits per heavy atom. The number of hydrogen-bond acceptors (Lipinski definition) is 4. The molecule has 112 valence electrons. The Morgan fingerprint density at radius 2 is 1.89 bits per heavy atom. The molecule has 0 aromatic carbocycles. The number of sulfone groups is 1. The summed E-state index contributed by atoms with van der Waals surface area (Å²) < 4.78 is 22.8. The summed E-state index contributed by atoms with van der Waals surface area (Å²) in [7, 11) is -2.88. The van der Waals surface area contributed by atoms with Crippen LogP contribution in [-0.4, -0.2) is 57.0 Å². The first-order valence-corrected chi connectivity index (χ1v) is 9.38. The Labute approximate surface area is 117 Å². The maximum absolute atomic E-state index is 11.4. The predicted molar refractivity (Wildman–Crippen MR) is 79.0 cm³/mol. The molecule has 0 spiro atoms. The monoisotopic (exact) mass is 288 g/mol. The van der Waals surface area contributed by atoms with Crippen LogP contribution < -0.4 is 5.32 Å². The van der Waals surface area contributed by atoms with Gasteiger partial charge in [0.15, 0.2) is 0 Å². The SMILES string of the molecule is CC(C)(C)C1CNC(C2CC2)CN1CCS(C)(=O)=O. The zero-order valence-electron chi connectivity index (χ0n) is 12.6. The van der Waals surface area contributed by atoms with Crippen molar-refractivity contribution < 1.29 is 8.42 Å². The van der Waals surface area contributed by atoms with E-state index in [9.17, 15) is 8.42 Å². The van der Waals surface area contributed by atoms with Crippen molar-refractivity contribution in [2.24, 2.45) is 11.3 Å². The minimum absolute atomic E-state index is 0.180. The highest BCUT2D eigenvalue weighted by Crippen LogP contribution is 2.36. The third-order valence-electron chi connectivity index (χ3n) is 4.39. The Kier molecular flexibility index (Phi) is 4.29. The van der Waals surface area contributed by atoms with Crippen molar-refractivity contribution >= 4 is 9.84 Å². The average molecular weight is 288 g/mol. The molecule has 0 aromatic heterocycles.